The van der Waals surface area contributed by atoms with Gasteiger partial charge in [-0.2, -0.15) is 0 Å². The Bertz CT molecular complexity index is 939. The summed E-state index contributed by atoms with van der Waals surface area (Å²) in [6.45, 7) is 5.92. The monoisotopic (exact) mass is 366 g/mol. The van der Waals surface area contributed by atoms with Crippen molar-refractivity contribution in [2.75, 3.05) is 12.4 Å². The second kappa shape index (κ2) is 7.95. The zero-order valence-corrected chi connectivity index (χ0v) is 15.8. The number of nitrogens with one attached hydrogen (secondary N) is 1. The molecule has 0 bridgehead atoms. The first-order valence-corrected chi connectivity index (χ1v) is 8.58. The van der Waals surface area contributed by atoms with Crippen LogP contribution in [0.2, 0.25) is 0 Å². The van der Waals surface area contributed by atoms with Crippen LogP contribution in [0, 0.1) is 20.8 Å². The lowest BCUT2D eigenvalue weighted by Crippen LogP contribution is -2.14. The summed E-state index contributed by atoms with van der Waals surface area (Å²) in [5.74, 6) is 1.68. The Morgan fingerprint density at radius 1 is 1.11 bits per heavy atom. The highest BCUT2D eigenvalue weighted by Gasteiger charge is 2.15. The van der Waals surface area contributed by atoms with Crippen LogP contribution in [-0.2, 0) is 6.61 Å². The van der Waals surface area contributed by atoms with E-state index in [4.69, 9.17) is 13.9 Å². The quantitative estimate of drug-likeness (QED) is 0.698. The lowest BCUT2D eigenvalue weighted by molar-refractivity contribution is 0.0992. The number of amides is 1. The zero-order chi connectivity index (χ0) is 19.4. The molecule has 6 nitrogen and oxygen atoms in total. The van der Waals surface area contributed by atoms with Gasteiger partial charge in [-0.15, -0.1) is 0 Å². The van der Waals surface area contributed by atoms with Crippen molar-refractivity contribution in [1.82, 2.24) is 4.98 Å². The van der Waals surface area contributed by atoms with E-state index in [-0.39, 0.29) is 18.3 Å². The number of anilines is 1. The van der Waals surface area contributed by atoms with Gasteiger partial charge in [0.1, 0.15) is 12.4 Å². The predicted octanol–water partition coefficient (Wildman–Crippen LogP) is 4.44. The SMILES string of the molecule is COc1ccccc1OCc1ccc(C(=O)Nc2c(C)cc(C)nc2C)o1. The van der Waals surface area contributed by atoms with Crippen LogP contribution in [0.4, 0.5) is 5.69 Å². The fraction of sp³-hybridized carbons (Fsp3) is 0.238. The highest BCUT2D eigenvalue weighted by molar-refractivity contribution is 6.03. The van der Waals surface area contributed by atoms with Gasteiger partial charge >= 0.3 is 0 Å². The van der Waals surface area contributed by atoms with Gasteiger partial charge in [0, 0.05) is 5.69 Å². The number of hydrogen-bond acceptors (Lipinski definition) is 5. The van der Waals surface area contributed by atoms with Crippen molar-refractivity contribution in [3.63, 3.8) is 0 Å². The largest absolute Gasteiger partial charge is 0.493 e. The number of nitrogens with zero attached hydrogens (tertiary/aromatic N) is 1. The lowest BCUT2D eigenvalue weighted by Gasteiger charge is -2.11. The van der Waals surface area contributed by atoms with Crippen LogP contribution in [-0.4, -0.2) is 18.0 Å². The number of ether oxygens (including phenoxy) is 2. The van der Waals surface area contributed by atoms with Gasteiger partial charge in [-0.3, -0.25) is 9.78 Å². The van der Waals surface area contributed by atoms with E-state index >= 15 is 0 Å². The number of furan rings is 1. The molecule has 2 heterocycles. The topological polar surface area (TPSA) is 73.6 Å². The molecule has 0 radical (unpaired) electrons. The molecule has 0 atom stereocenters. The lowest BCUT2D eigenvalue weighted by atomic mass is 10.1. The molecular formula is C21H22N2O4. The summed E-state index contributed by atoms with van der Waals surface area (Å²) in [6.07, 6.45) is 0. The molecule has 0 fully saturated rings. The molecule has 0 aliphatic heterocycles. The van der Waals surface area contributed by atoms with E-state index in [0.717, 1.165) is 17.0 Å². The first kappa shape index (κ1) is 18.5. The van der Waals surface area contributed by atoms with Crippen molar-refractivity contribution in [2.24, 2.45) is 0 Å². The molecule has 1 N–H and O–H groups in total. The molecule has 0 saturated heterocycles. The molecule has 0 unspecified atom stereocenters. The number of pyridine rings is 1. The number of rotatable bonds is 6. The second-order valence-corrected chi connectivity index (χ2v) is 6.20. The number of carbonyl (C=O) groups excluding carboxylic acids is 1. The Hall–Kier alpha value is -3.28. The van der Waals surface area contributed by atoms with E-state index in [2.05, 4.69) is 10.3 Å². The van der Waals surface area contributed by atoms with Crippen LogP contribution >= 0.6 is 0 Å². The molecule has 6 heteroatoms. The molecule has 1 aromatic carbocycles. The molecule has 3 rings (SSSR count). The highest BCUT2D eigenvalue weighted by Crippen LogP contribution is 2.27. The second-order valence-electron chi connectivity index (χ2n) is 6.20. The molecule has 0 spiro atoms. The zero-order valence-electron chi connectivity index (χ0n) is 15.8. The van der Waals surface area contributed by atoms with Crippen LogP contribution in [0.25, 0.3) is 0 Å². The molecule has 2 aromatic heterocycles. The Morgan fingerprint density at radius 2 is 1.85 bits per heavy atom. The molecular weight excluding hydrogens is 344 g/mol. The number of hydrogen-bond donors (Lipinski definition) is 1. The average Bonchev–Trinajstić information content (AvgIpc) is 3.12. The molecule has 0 aliphatic rings. The molecule has 140 valence electrons. The van der Waals surface area contributed by atoms with Gasteiger partial charge in [0.15, 0.2) is 17.3 Å². The van der Waals surface area contributed by atoms with E-state index in [1.165, 1.54) is 0 Å². The standard InChI is InChI=1S/C21H22N2O4/c1-13-11-14(2)22-15(3)20(13)23-21(24)19-10-9-16(27-19)12-26-18-8-6-5-7-17(18)25-4/h5-11H,12H2,1-4H3,(H,23,24). The van der Waals surface area contributed by atoms with Crippen LogP contribution in [0.1, 0.15) is 33.3 Å². The van der Waals surface area contributed by atoms with Crippen molar-refractivity contribution < 1.29 is 18.7 Å². The summed E-state index contributed by atoms with van der Waals surface area (Å²) in [7, 11) is 1.58. The maximum atomic E-state index is 12.5. The summed E-state index contributed by atoms with van der Waals surface area (Å²) in [5, 5.41) is 2.87. The van der Waals surface area contributed by atoms with Gasteiger partial charge in [0.25, 0.3) is 5.91 Å². The molecule has 0 aliphatic carbocycles. The molecule has 1 amide bonds. The van der Waals surface area contributed by atoms with Crippen molar-refractivity contribution >= 4 is 11.6 Å². The van der Waals surface area contributed by atoms with Crippen molar-refractivity contribution in [2.45, 2.75) is 27.4 Å². The minimum absolute atomic E-state index is 0.192. The van der Waals surface area contributed by atoms with Crippen molar-refractivity contribution in [1.29, 1.82) is 0 Å². The van der Waals surface area contributed by atoms with Crippen LogP contribution in [0.15, 0.2) is 46.9 Å². The summed E-state index contributed by atoms with van der Waals surface area (Å²) >= 11 is 0. The number of aryl methyl sites for hydroxylation is 3. The van der Waals surface area contributed by atoms with E-state index in [1.807, 2.05) is 51.1 Å². The van der Waals surface area contributed by atoms with Gasteiger partial charge in [-0.05, 0) is 56.7 Å². The fourth-order valence-electron chi connectivity index (χ4n) is 2.85. The smallest absolute Gasteiger partial charge is 0.291 e. The number of benzene rings is 1. The third-order valence-electron chi connectivity index (χ3n) is 4.09. The van der Waals surface area contributed by atoms with Crippen LogP contribution in [0.3, 0.4) is 0 Å². The highest BCUT2D eigenvalue weighted by atomic mass is 16.5. The summed E-state index contributed by atoms with van der Waals surface area (Å²) < 4.78 is 16.6. The van der Waals surface area contributed by atoms with Crippen LogP contribution < -0.4 is 14.8 Å². The Balaban J connectivity index is 1.68. The van der Waals surface area contributed by atoms with Gasteiger partial charge in [-0.25, -0.2) is 0 Å². The summed E-state index contributed by atoms with van der Waals surface area (Å²) in [5.41, 5.74) is 3.34. The minimum Gasteiger partial charge on any atom is -0.493 e. The van der Waals surface area contributed by atoms with Gasteiger partial charge < -0.3 is 19.2 Å². The number of aromatic nitrogens is 1. The van der Waals surface area contributed by atoms with Gasteiger partial charge in [0.05, 0.1) is 18.5 Å². The van der Waals surface area contributed by atoms with Gasteiger partial charge in [0.2, 0.25) is 0 Å². The van der Waals surface area contributed by atoms with Crippen molar-refractivity contribution in [3.8, 4) is 11.5 Å². The third kappa shape index (κ3) is 4.28. The normalized spacial score (nSPS) is 10.5. The predicted molar refractivity (Wildman–Crippen MR) is 102 cm³/mol. The Labute approximate surface area is 158 Å². The van der Waals surface area contributed by atoms with E-state index in [9.17, 15) is 4.79 Å². The minimum atomic E-state index is -0.324. The van der Waals surface area contributed by atoms with E-state index in [1.54, 1.807) is 19.2 Å². The maximum Gasteiger partial charge on any atom is 0.291 e. The number of carbonyl (C=O) groups is 1. The first-order chi connectivity index (χ1) is 13.0. The number of para-hydroxylation sites is 2. The fourth-order valence-corrected chi connectivity index (χ4v) is 2.85. The maximum absolute atomic E-state index is 12.5. The Kier molecular flexibility index (Phi) is 5.45. The summed E-state index contributed by atoms with van der Waals surface area (Å²) in [4.78, 5) is 16.9. The first-order valence-electron chi connectivity index (χ1n) is 8.58. The van der Waals surface area contributed by atoms with Gasteiger partial charge in [-0.1, -0.05) is 12.1 Å². The summed E-state index contributed by atoms with van der Waals surface area (Å²) in [6, 6.07) is 12.6. The third-order valence-corrected chi connectivity index (χ3v) is 4.09. The molecule has 27 heavy (non-hydrogen) atoms. The van der Waals surface area contributed by atoms with Crippen molar-refractivity contribution in [3.05, 3.63) is 70.9 Å². The number of methoxy groups -OCH3 is 1. The van der Waals surface area contributed by atoms with Crippen LogP contribution in [0.5, 0.6) is 11.5 Å². The Morgan fingerprint density at radius 3 is 2.56 bits per heavy atom. The van der Waals surface area contributed by atoms with E-state index < -0.39 is 0 Å². The molecule has 3 aromatic rings. The molecule has 0 saturated carbocycles. The van der Waals surface area contributed by atoms with E-state index in [0.29, 0.717) is 22.9 Å². The average molecular weight is 366 g/mol.